The van der Waals surface area contributed by atoms with Crippen molar-refractivity contribution in [2.45, 2.75) is 6.42 Å². The molecule has 1 aliphatic heterocycles. The van der Waals surface area contributed by atoms with E-state index in [1.165, 1.54) is 0 Å². The van der Waals surface area contributed by atoms with Crippen LogP contribution < -0.4 is 10.6 Å². The second kappa shape index (κ2) is 4.15. The second-order valence-corrected chi connectivity index (χ2v) is 4.05. The van der Waals surface area contributed by atoms with E-state index < -0.39 is 0 Å². The van der Waals surface area contributed by atoms with E-state index in [2.05, 4.69) is 9.88 Å². The zero-order valence-electron chi connectivity index (χ0n) is 7.99. The van der Waals surface area contributed by atoms with E-state index in [1.54, 1.807) is 6.20 Å². The molecule has 4 heteroatoms. The molecule has 1 atom stereocenters. The van der Waals surface area contributed by atoms with Crippen LogP contribution in [0.25, 0.3) is 0 Å². The maximum atomic E-state index is 6.06. The summed E-state index contributed by atoms with van der Waals surface area (Å²) in [6, 6.07) is 3.72. The molecule has 3 nitrogen and oxygen atoms in total. The summed E-state index contributed by atoms with van der Waals surface area (Å²) in [7, 11) is 0. The normalized spacial score (nSPS) is 21.6. The lowest BCUT2D eigenvalue weighted by Gasteiger charge is -2.18. The van der Waals surface area contributed by atoms with Gasteiger partial charge >= 0.3 is 0 Å². The number of nitrogens with two attached hydrogens (primary N) is 1. The van der Waals surface area contributed by atoms with Crippen molar-refractivity contribution in [2.75, 3.05) is 24.5 Å². The molecule has 1 aromatic rings. The second-order valence-electron chi connectivity index (χ2n) is 3.65. The first-order chi connectivity index (χ1) is 6.81. The van der Waals surface area contributed by atoms with Crippen molar-refractivity contribution in [3.63, 3.8) is 0 Å². The summed E-state index contributed by atoms with van der Waals surface area (Å²) in [5.74, 6) is 1.48. The summed E-state index contributed by atoms with van der Waals surface area (Å²) >= 11 is 6.06. The fraction of sp³-hybridized carbons (Fsp3) is 0.500. The smallest absolute Gasteiger partial charge is 0.147 e. The molecule has 0 spiro atoms. The van der Waals surface area contributed by atoms with Crippen LogP contribution in [0.15, 0.2) is 18.3 Å². The molecule has 1 saturated heterocycles. The summed E-state index contributed by atoms with van der Waals surface area (Å²) in [4.78, 5) is 6.49. The number of hydrogen-bond donors (Lipinski definition) is 1. The first kappa shape index (κ1) is 9.74. The van der Waals surface area contributed by atoms with Gasteiger partial charge in [-0.15, -0.1) is 0 Å². The number of hydrogen-bond acceptors (Lipinski definition) is 3. The Morgan fingerprint density at radius 3 is 3.14 bits per heavy atom. The van der Waals surface area contributed by atoms with Crippen LogP contribution in [0.3, 0.4) is 0 Å². The van der Waals surface area contributed by atoms with E-state index in [4.69, 9.17) is 17.3 Å². The fourth-order valence-corrected chi connectivity index (χ4v) is 2.07. The average Bonchev–Trinajstić information content (AvgIpc) is 2.67. The summed E-state index contributed by atoms with van der Waals surface area (Å²) in [6.45, 7) is 2.74. The summed E-state index contributed by atoms with van der Waals surface area (Å²) in [5, 5.41) is 0.727. The van der Waals surface area contributed by atoms with Gasteiger partial charge in [0.1, 0.15) is 5.82 Å². The Morgan fingerprint density at radius 2 is 2.50 bits per heavy atom. The molecule has 0 bridgehead atoms. The maximum Gasteiger partial charge on any atom is 0.147 e. The Labute approximate surface area is 88.9 Å². The van der Waals surface area contributed by atoms with Gasteiger partial charge in [0.2, 0.25) is 0 Å². The van der Waals surface area contributed by atoms with Crippen molar-refractivity contribution in [3.8, 4) is 0 Å². The molecule has 1 aromatic heterocycles. The van der Waals surface area contributed by atoms with Gasteiger partial charge in [0.05, 0.1) is 5.02 Å². The first-order valence-corrected chi connectivity index (χ1v) is 5.24. The molecule has 2 rings (SSSR count). The number of nitrogens with zero attached hydrogens (tertiary/aromatic N) is 2. The Balaban J connectivity index is 2.13. The average molecular weight is 212 g/mol. The quantitative estimate of drug-likeness (QED) is 0.807. The molecule has 2 N–H and O–H groups in total. The van der Waals surface area contributed by atoms with E-state index in [-0.39, 0.29) is 0 Å². The molecule has 14 heavy (non-hydrogen) atoms. The van der Waals surface area contributed by atoms with E-state index in [0.717, 1.165) is 36.9 Å². The lowest BCUT2D eigenvalue weighted by atomic mass is 10.1. The molecular weight excluding hydrogens is 198 g/mol. The van der Waals surface area contributed by atoms with Crippen molar-refractivity contribution in [1.29, 1.82) is 0 Å². The number of anilines is 1. The number of halogens is 1. The summed E-state index contributed by atoms with van der Waals surface area (Å²) < 4.78 is 0. The largest absolute Gasteiger partial charge is 0.355 e. The van der Waals surface area contributed by atoms with Gasteiger partial charge in [-0.2, -0.15) is 0 Å². The van der Waals surface area contributed by atoms with Crippen LogP contribution in [0.1, 0.15) is 6.42 Å². The fourth-order valence-electron chi connectivity index (χ4n) is 1.83. The molecule has 0 aliphatic carbocycles. The van der Waals surface area contributed by atoms with Crippen LogP contribution in [-0.4, -0.2) is 24.6 Å². The van der Waals surface area contributed by atoms with Crippen LogP contribution in [0.2, 0.25) is 5.02 Å². The molecular formula is C10H14ClN3. The van der Waals surface area contributed by atoms with Crippen molar-refractivity contribution in [1.82, 2.24) is 4.98 Å². The van der Waals surface area contributed by atoms with Gasteiger partial charge in [-0.1, -0.05) is 11.6 Å². The molecule has 1 fully saturated rings. The highest BCUT2D eigenvalue weighted by molar-refractivity contribution is 6.32. The van der Waals surface area contributed by atoms with Crippen molar-refractivity contribution in [3.05, 3.63) is 23.4 Å². The predicted octanol–water partition coefficient (Wildman–Crippen LogP) is 1.52. The molecule has 0 radical (unpaired) electrons. The van der Waals surface area contributed by atoms with Gasteiger partial charge in [0.25, 0.3) is 0 Å². The van der Waals surface area contributed by atoms with Crippen molar-refractivity contribution in [2.24, 2.45) is 11.7 Å². The van der Waals surface area contributed by atoms with Crippen LogP contribution in [0, 0.1) is 5.92 Å². The lowest BCUT2D eigenvalue weighted by molar-refractivity contribution is 0.602. The Hall–Kier alpha value is -0.800. The number of aromatic nitrogens is 1. The third kappa shape index (κ3) is 1.83. The van der Waals surface area contributed by atoms with E-state index in [1.807, 2.05) is 12.1 Å². The van der Waals surface area contributed by atoms with E-state index in [0.29, 0.717) is 5.92 Å². The molecule has 0 amide bonds. The SMILES string of the molecule is NCC1CCN(c2ncccc2Cl)C1. The lowest BCUT2D eigenvalue weighted by Crippen LogP contribution is -2.23. The van der Waals surface area contributed by atoms with E-state index >= 15 is 0 Å². The molecule has 1 aliphatic rings. The topological polar surface area (TPSA) is 42.1 Å². The van der Waals surface area contributed by atoms with Gasteiger partial charge in [0.15, 0.2) is 0 Å². The zero-order valence-corrected chi connectivity index (χ0v) is 8.74. The summed E-state index contributed by atoms with van der Waals surface area (Å²) in [5.41, 5.74) is 5.63. The Morgan fingerprint density at radius 1 is 1.64 bits per heavy atom. The van der Waals surface area contributed by atoms with Crippen LogP contribution >= 0.6 is 11.6 Å². The molecule has 1 unspecified atom stereocenters. The van der Waals surface area contributed by atoms with Gasteiger partial charge < -0.3 is 10.6 Å². The maximum absolute atomic E-state index is 6.06. The highest BCUT2D eigenvalue weighted by atomic mass is 35.5. The minimum Gasteiger partial charge on any atom is -0.355 e. The standard InChI is InChI=1S/C10H14ClN3/c11-9-2-1-4-13-10(9)14-5-3-8(6-12)7-14/h1-2,4,8H,3,5-7,12H2. The van der Waals surface area contributed by atoms with Crippen LogP contribution in [-0.2, 0) is 0 Å². The number of pyridine rings is 1. The third-order valence-electron chi connectivity index (χ3n) is 2.66. The van der Waals surface area contributed by atoms with Gasteiger partial charge in [-0.3, -0.25) is 0 Å². The van der Waals surface area contributed by atoms with Crippen molar-refractivity contribution >= 4 is 17.4 Å². The minimum atomic E-state index is 0.591. The highest BCUT2D eigenvalue weighted by Gasteiger charge is 2.23. The Bertz CT molecular complexity index is 316. The van der Waals surface area contributed by atoms with Crippen LogP contribution in [0.5, 0.6) is 0 Å². The molecule has 0 saturated carbocycles. The molecule has 2 heterocycles. The summed E-state index contributed by atoms with van der Waals surface area (Å²) in [6.07, 6.45) is 2.92. The van der Waals surface area contributed by atoms with Gasteiger partial charge in [-0.25, -0.2) is 4.98 Å². The third-order valence-corrected chi connectivity index (χ3v) is 2.95. The van der Waals surface area contributed by atoms with E-state index in [9.17, 15) is 0 Å². The number of rotatable bonds is 2. The van der Waals surface area contributed by atoms with Crippen molar-refractivity contribution < 1.29 is 0 Å². The van der Waals surface area contributed by atoms with Crippen LogP contribution in [0.4, 0.5) is 5.82 Å². The molecule has 76 valence electrons. The molecule has 0 aromatic carbocycles. The minimum absolute atomic E-state index is 0.591. The highest BCUT2D eigenvalue weighted by Crippen LogP contribution is 2.27. The zero-order chi connectivity index (χ0) is 9.97. The monoisotopic (exact) mass is 211 g/mol. The first-order valence-electron chi connectivity index (χ1n) is 4.87. The van der Waals surface area contributed by atoms with Gasteiger partial charge in [-0.05, 0) is 31.0 Å². The Kier molecular flexibility index (Phi) is 2.89. The van der Waals surface area contributed by atoms with Gasteiger partial charge in [0, 0.05) is 19.3 Å². The predicted molar refractivity (Wildman–Crippen MR) is 58.6 cm³/mol.